The van der Waals surface area contributed by atoms with Gasteiger partial charge in [-0.1, -0.05) is 115 Å². The number of imidazole rings is 1. The summed E-state index contributed by atoms with van der Waals surface area (Å²) >= 11 is 0. The highest BCUT2D eigenvalue weighted by Gasteiger charge is 2.17. The summed E-state index contributed by atoms with van der Waals surface area (Å²) in [5, 5.41) is 0. The second-order valence-corrected chi connectivity index (χ2v) is 9.80. The summed E-state index contributed by atoms with van der Waals surface area (Å²) < 4.78 is 3.48. The van der Waals surface area contributed by atoms with E-state index in [4.69, 9.17) is 15.0 Å². The maximum atomic E-state index is 13.3. The number of para-hydroxylation sites is 2. The van der Waals surface area contributed by atoms with Gasteiger partial charge in [0.15, 0.2) is 17.5 Å². The monoisotopic (exact) mass is 531 g/mol. The molecule has 0 aliphatic carbocycles. The van der Waals surface area contributed by atoms with E-state index in [1.54, 1.807) is 9.13 Å². The Labute approximate surface area is 236 Å². The van der Waals surface area contributed by atoms with Crippen LogP contribution in [0.4, 0.5) is 0 Å². The highest BCUT2D eigenvalue weighted by molar-refractivity contribution is 5.93. The minimum Gasteiger partial charge on any atom is -0.294 e. The minimum absolute atomic E-state index is 0.0812. The van der Waals surface area contributed by atoms with Crippen LogP contribution in [0.2, 0.25) is 0 Å². The molecule has 0 radical (unpaired) electrons. The molecule has 2 aromatic heterocycles. The first-order valence-electron chi connectivity index (χ1n) is 13.4. The van der Waals surface area contributed by atoms with Crippen molar-refractivity contribution in [3.8, 4) is 51.0 Å². The van der Waals surface area contributed by atoms with E-state index in [2.05, 4.69) is 18.2 Å². The van der Waals surface area contributed by atoms with Crippen molar-refractivity contribution in [3.05, 3.63) is 144 Å². The van der Waals surface area contributed by atoms with E-state index in [-0.39, 0.29) is 5.69 Å². The molecule has 0 aliphatic rings. The van der Waals surface area contributed by atoms with Gasteiger partial charge >= 0.3 is 5.69 Å². The van der Waals surface area contributed by atoms with Crippen molar-refractivity contribution in [3.63, 3.8) is 0 Å². The fraction of sp³-hybridized carbons (Fsp3) is 0.0286. The van der Waals surface area contributed by atoms with Crippen LogP contribution in [0.5, 0.6) is 0 Å². The average Bonchev–Trinajstić information content (AvgIpc) is 3.31. The molecular formula is C35H25N5O. The lowest BCUT2D eigenvalue weighted by Gasteiger charge is -2.10. The summed E-state index contributed by atoms with van der Waals surface area (Å²) in [5.41, 5.74) is 7.23. The Kier molecular flexibility index (Phi) is 6.06. The van der Waals surface area contributed by atoms with Gasteiger partial charge in [-0.3, -0.25) is 9.13 Å². The second kappa shape index (κ2) is 10.2. The molecule has 0 fully saturated rings. The smallest absolute Gasteiger partial charge is 0.294 e. The summed E-state index contributed by atoms with van der Waals surface area (Å²) in [6.07, 6.45) is 0. The first-order chi connectivity index (χ1) is 20.2. The number of hydrogen-bond donors (Lipinski definition) is 0. The molecule has 6 heteroatoms. The molecular weight excluding hydrogens is 506 g/mol. The third kappa shape index (κ3) is 4.41. The fourth-order valence-corrected chi connectivity index (χ4v) is 5.21. The molecule has 196 valence electrons. The highest BCUT2D eigenvalue weighted by Crippen LogP contribution is 2.31. The van der Waals surface area contributed by atoms with Crippen LogP contribution in [0.1, 0.15) is 0 Å². The van der Waals surface area contributed by atoms with Crippen LogP contribution in [0.25, 0.3) is 62.0 Å². The molecule has 41 heavy (non-hydrogen) atoms. The number of aryl methyl sites for hydroxylation is 1. The molecule has 0 saturated carbocycles. The molecule has 7 rings (SSSR count). The first-order valence-corrected chi connectivity index (χ1v) is 13.4. The van der Waals surface area contributed by atoms with Crippen LogP contribution in [-0.2, 0) is 7.05 Å². The van der Waals surface area contributed by atoms with Crippen LogP contribution in [0, 0.1) is 0 Å². The number of benzene rings is 5. The molecule has 0 N–H and O–H groups in total. The fourth-order valence-electron chi connectivity index (χ4n) is 5.21. The number of fused-ring (bicyclic) bond motifs is 1. The Balaban J connectivity index is 1.33. The summed E-state index contributed by atoms with van der Waals surface area (Å²) in [4.78, 5) is 27.8. The van der Waals surface area contributed by atoms with E-state index in [1.807, 2.05) is 122 Å². The highest BCUT2D eigenvalue weighted by atomic mass is 16.1. The summed E-state index contributed by atoms with van der Waals surface area (Å²) in [7, 11) is 1.82. The Bertz CT molecular complexity index is 1990. The lowest BCUT2D eigenvalue weighted by molar-refractivity contribution is 0.847. The Morgan fingerprint density at radius 2 is 0.951 bits per heavy atom. The van der Waals surface area contributed by atoms with Gasteiger partial charge in [-0.05, 0) is 23.8 Å². The number of hydrogen-bond acceptors (Lipinski definition) is 4. The third-order valence-electron chi connectivity index (χ3n) is 7.24. The van der Waals surface area contributed by atoms with Gasteiger partial charge in [0.25, 0.3) is 0 Å². The Morgan fingerprint density at radius 3 is 1.49 bits per heavy atom. The lowest BCUT2D eigenvalue weighted by Crippen LogP contribution is -2.20. The van der Waals surface area contributed by atoms with Crippen molar-refractivity contribution < 1.29 is 0 Å². The Morgan fingerprint density at radius 1 is 0.488 bits per heavy atom. The van der Waals surface area contributed by atoms with Crippen molar-refractivity contribution in [2.24, 2.45) is 7.05 Å². The zero-order valence-electron chi connectivity index (χ0n) is 22.3. The van der Waals surface area contributed by atoms with Gasteiger partial charge < -0.3 is 0 Å². The van der Waals surface area contributed by atoms with Crippen LogP contribution in [0.15, 0.2) is 138 Å². The molecule has 6 nitrogen and oxygen atoms in total. The zero-order valence-corrected chi connectivity index (χ0v) is 22.3. The third-order valence-corrected chi connectivity index (χ3v) is 7.24. The number of rotatable bonds is 5. The predicted octanol–water partition coefficient (Wildman–Crippen LogP) is 7.18. The topological polar surface area (TPSA) is 65.6 Å². The van der Waals surface area contributed by atoms with Gasteiger partial charge in [0.05, 0.1) is 16.7 Å². The average molecular weight is 532 g/mol. The van der Waals surface area contributed by atoms with E-state index in [1.165, 1.54) is 0 Å². The van der Waals surface area contributed by atoms with Crippen LogP contribution in [-0.4, -0.2) is 24.1 Å². The molecule has 0 spiro atoms. The first kappa shape index (κ1) is 24.4. The van der Waals surface area contributed by atoms with Crippen molar-refractivity contribution in [2.45, 2.75) is 0 Å². The maximum absolute atomic E-state index is 13.3. The standard InChI is InChI=1S/C35H25N5O/c1-39-31-29(18-11-19-30(31)40(35(39)41)28-16-9-4-10-17-28)24-20-22-27(23-21-24)34-37-32(25-12-5-2-6-13-25)36-33(38-34)26-14-7-3-8-15-26/h2-23H,1H3. The number of aromatic nitrogens is 5. The van der Waals surface area contributed by atoms with Gasteiger partial charge in [0, 0.05) is 29.3 Å². The summed E-state index contributed by atoms with van der Waals surface area (Å²) in [6.45, 7) is 0. The maximum Gasteiger partial charge on any atom is 0.333 e. The molecule has 0 amide bonds. The molecule has 0 atom stereocenters. The molecule has 5 aromatic carbocycles. The molecule has 0 aliphatic heterocycles. The molecule has 0 bridgehead atoms. The quantitative estimate of drug-likeness (QED) is 0.236. The van der Waals surface area contributed by atoms with Crippen molar-refractivity contribution in [2.75, 3.05) is 0 Å². The predicted molar refractivity (Wildman–Crippen MR) is 164 cm³/mol. The largest absolute Gasteiger partial charge is 0.333 e. The van der Waals surface area contributed by atoms with Gasteiger partial charge in [-0.25, -0.2) is 19.7 Å². The van der Waals surface area contributed by atoms with Crippen molar-refractivity contribution in [1.82, 2.24) is 24.1 Å². The van der Waals surface area contributed by atoms with Crippen LogP contribution < -0.4 is 5.69 Å². The molecule has 0 unspecified atom stereocenters. The van der Waals surface area contributed by atoms with Crippen molar-refractivity contribution >= 4 is 11.0 Å². The normalized spacial score (nSPS) is 11.1. The van der Waals surface area contributed by atoms with Gasteiger partial charge in [-0.15, -0.1) is 0 Å². The lowest BCUT2D eigenvalue weighted by atomic mass is 10.0. The summed E-state index contributed by atoms with van der Waals surface area (Å²) in [6, 6.07) is 43.8. The Hall–Kier alpha value is -5.62. The van der Waals surface area contributed by atoms with Gasteiger partial charge in [-0.2, -0.15) is 0 Å². The summed E-state index contributed by atoms with van der Waals surface area (Å²) in [5.74, 6) is 1.85. The molecule has 7 aromatic rings. The zero-order chi connectivity index (χ0) is 27.8. The van der Waals surface area contributed by atoms with E-state index in [0.29, 0.717) is 17.5 Å². The van der Waals surface area contributed by atoms with E-state index in [0.717, 1.165) is 44.5 Å². The second-order valence-electron chi connectivity index (χ2n) is 9.80. The SMILES string of the molecule is Cn1c(=O)n(-c2ccccc2)c2cccc(-c3ccc(-c4nc(-c5ccccc5)nc(-c5ccccc5)n4)cc3)c21. The van der Waals surface area contributed by atoms with E-state index in [9.17, 15) is 4.79 Å². The molecule has 0 saturated heterocycles. The van der Waals surface area contributed by atoms with E-state index < -0.39 is 0 Å². The van der Waals surface area contributed by atoms with Crippen LogP contribution in [0.3, 0.4) is 0 Å². The van der Waals surface area contributed by atoms with Gasteiger partial charge in [0.2, 0.25) is 0 Å². The van der Waals surface area contributed by atoms with E-state index >= 15 is 0 Å². The van der Waals surface area contributed by atoms with Gasteiger partial charge in [0.1, 0.15) is 0 Å². The number of nitrogens with zero attached hydrogens (tertiary/aromatic N) is 5. The molecule has 2 heterocycles. The minimum atomic E-state index is -0.0812. The van der Waals surface area contributed by atoms with Crippen molar-refractivity contribution in [1.29, 1.82) is 0 Å². The van der Waals surface area contributed by atoms with Crippen LogP contribution >= 0.6 is 0 Å².